The Balaban J connectivity index is 1.87. The summed E-state index contributed by atoms with van der Waals surface area (Å²) in [5, 5.41) is 11.5. The zero-order valence-electron chi connectivity index (χ0n) is 17.9. The number of hydrogen-bond acceptors (Lipinski definition) is 5. The first-order chi connectivity index (χ1) is 14.8. The number of fused-ring (bicyclic) bond motifs is 1. The fraction of sp³-hybridized carbons (Fsp3) is 0.375. The molecule has 4 rings (SSSR count). The monoisotopic (exact) mass is 423 g/mol. The summed E-state index contributed by atoms with van der Waals surface area (Å²) in [4.78, 5) is 41.0. The number of carbonyl (C=O) groups is 3. The lowest BCUT2D eigenvalue weighted by molar-refractivity contribution is -0.734. The first-order valence-electron chi connectivity index (χ1n) is 10.5. The summed E-state index contributed by atoms with van der Waals surface area (Å²) in [6.45, 7) is 3.87. The standard InChI is InChI=1S/C24H26N2O5/c1-4-31-23(30)24(13-15-9-11-16(27)12-10-15)19-18(21(28)26(3)22(19)29)20(25-24)17-8-6-5-7-14(17)2/h5-12,18-20,25,27H,4,13H2,1-3H3/p+1/t18-,19+,20-,24-/m0/s1. The minimum absolute atomic E-state index is 0.117. The van der Waals surface area contributed by atoms with E-state index in [9.17, 15) is 19.5 Å². The van der Waals surface area contributed by atoms with Crippen molar-refractivity contribution in [2.75, 3.05) is 13.7 Å². The third-order valence-corrected chi connectivity index (χ3v) is 6.63. The molecule has 0 aromatic heterocycles. The van der Waals surface area contributed by atoms with E-state index in [2.05, 4.69) is 0 Å². The van der Waals surface area contributed by atoms with Crippen LogP contribution in [0.4, 0.5) is 0 Å². The number of nitrogens with two attached hydrogens (primary N) is 1. The molecule has 0 spiro atoms. The summed E-state index contributed by atoms with van der Waals surface area (Å²) in [5.74, 6) is -2.48. The number of likely N-dealkylation sites (tertiary alicyclic amines) is 1. The Hall–Kier alpha value is -3.19. The quantitative estimate of drug-likeness (QED) is 0.554. The number of aromatic hydroxyl groups is 1. The highest BCUT2D eigenvalue weighted by atomic mass is 16.5. The Labute approximate surface area is 181 Å². The second-order valence-corrected chi connectivity index (χ2v) is 8.39. The van der Waals surface area contributed by atoms with Crippen LogP contribution in [-0.4, -0.2) is 47.0 Å². The highest BCUT2D eigenvalue weighted by Crippen LogP contribution is 2.45. The van der Waals surface area contributed by atoms with Gasteiger partial charge in [-0.3, -0.25) is 14.5 Å². The Kier molecular flexibility index (Phi) is 5.31. The van der Waals surface area contributed by atoms with E-state index in [1.165, 1.54) is 7.05 Å². The fourth-order valence-electron chi connectivity index (χ4n) is 5.16. The lowest BCUT2D eigenvalue weighted by atomic mass is 9.76. The van der Waals surface area contributed by atoms with Crippen molar-refractivity contribution in [2.45, 2.75) is 31.8 Å². The first kappa shape index (κ1) is 21.1. The summed E-state index contributed by atoms with van der Waals surface area (Å²) < 4.78 is 5.46. The molecular weight excluding hydrogens is 396 g/mol. The maximum absolute atomic E-state index is 13.4. The molecule has 2 saturated heterocycles. The molecular formula is C24H27N2O5+. The van der Waals surface area contributed by atoms with Gasteiger partial charge in [0.1, 0.15) is 23.6 Å². The lowest BCUT2D eigenvalue weighted by Gasteiger charge is -2.29. The average molecular weight is 423 g/mol. The summed E-state index contributed by atoms with van der Waals surface area (Å²) in [5.41, 5.74) is 1.44. The SMILES string of the molecule is CCOC(=O)[C@@]1(Cc2ccc(O)cc2)[NH2+][C@@H](c2ccccc2C)[C@H]2C(=O)N(C)C(=O)[C@@H]21. The highest BCUT2D eigenvalue weighted by Gasteiger charge is 2.72. The van der Waals surface area contributed by atoms with Crippen LogP contribution in [0.3, 0.4) is 0 Å². The summed E-state index contributed by atoms with van der Waals surface area (Å²) in [6, 6.07) is 13.9. The number of phenolic OH excluding ortho intramolecular Hbond substituents is 1. The molecule has 0 saturated carbocycles. The van der Waals surface area contributed by atoms with E-state index < -0.39 is 23.3 Å². The van der Waals surface area contributed by atoms with Gasteiger partial charge >= 0.3 is 5.97 Å². The molecule has 7 nitrogen and oxygen atoms in total. The number of amides is 2. The van der Waals surface area contributed by atoms with Crippen LogP contribution in [0.2, 0.25) is 0 Å². The number of quaternary nitrogens is 1. The maximum Gasteiger partial charge on any atom is 0.369 e. The van der Waals surface area contributed by atoms with E-state index in [1.54, 1.807) is 31.2 Å². The molecule has 7 heteroatoms. The zero-order chi connectivity index (χ0) is 22.3. The number of hydrogen-bond donors (Lipinski definition) is 2. The Morgan fingerprint density at radius 1 is 1.13 bits per heavy atom. The van der Waals surface area contributed by atoms with Crippen molar-refractivity contribution < 1.29 is 29.5 Å². The van der Waals surface area contributed by atoms with Crippen molar-refractivity contribution in [1.29, 1.82) is 0 Å². The molecule has 0 aliphatic carbocycles. The maximum atomic E-state index is 13.4. The van der Waals surface area contributed by atoms with Crippen molar-refractivity contribution in [3.8, 4) is 5.75 Å². The van der Waals surface area contributed by atoms with Crippen LogP contribution in [0.15, 0.2) is 48.5 Å². The smallest absolute Gasteiger partial charge is 0.369 e. The van der Waals surface area contributed by atoms with Gasteiger partial charge < -0.3 is 15.2 Å². The molecule has 2 aliphatic heterocycles. The average Bonchev–Trinajstić information content (AvgIpc) is 3.20. The third-order valence-electron chi connectivity index (χ3n) is 6.63. The minimum atomic E-state index is -1.28. The molecule has 2 aromatic rings. The van der Waals surface area contributed by atoms with E-state index in [4.69, 9.17) is 4.74 Å². The normalized spacial score (nSPS) is 27.5. The van der Waals surface area contributed by atoms with Crippen LogP contribution in [0, 0.1) is 18.8 Å². The van der Waals surface area contributed by atoms with Crippen molar-refractivity contribution in [2.24, 2.45) is 11.8 Å². The number of carbonyl (C=O) groups excluding carboxylic acids is 3. The van der Waals surface area contributed by atoms with E-state index >= 15 is 0 Å². The second kappa shape index (κ2) is 7.81. The van der Waals surface area contributed by atoms with Gasteiger partial charge in [0, 0.05) is 19.0 Å². The van der Waals surface area contributed by atoms with Gasteiger partial charge in [-0.15, -0.1) is 0 Å². The molecule has 162 valence electrons. The topological polar surface area (TPSA) is 101 Å². The van der Waals surface area contributed by atoms with Crippen LogP contribution in [0.1, 0.15) is 29.7 Å². The van der Waals surface area contributed by atoms with E-state index in [0.29, 0.717) is 0 Å². The molecule has 2 amide bonds. The first-order valence-corrected chi connectivity index (χ1v) is 10.5. The number of phenols is 1. The molecule has 3 N–H and O–H groups in total. The Morgan fingerprint density at radius 3 is 2.45 bits per heavy atom. The number of aryl methyl sites for hydroxylation is 1. The predicted molar refractivity (Wildman–Crippen MR) is 112 cm³/mol. The van der Waals surface area contributed by atoms with Gasteiger partial charge in [-0.05, 0) is 37.1 Å². The third kappa shape index (κ3) is 3.29. The molecule has 31 heavy (non-hydrogen) atoms. The van der Waals surface area contributed by atoms with Crippen LogP contribution in [0.5, 0.6) is 5.75 Å². The molecule has 2 fully saturated rings. The Morgan fingerprint density at radius 2 is 1.81 bits per heavy atom. The summed E-state index contributed by atoms with van der Waals surface area (Å²) in [6.07, 6.45) is 0.211. The molecule has 4 atom stereocenters. The van der Waals surface area contributed by atoms with Gasteiger partial charge in [-0.1, -0.05) is 36.4 Å². The van der Waals surface area contributed by atoms with Crippen LogP contribution in [-0.2, 0) is 25.5 Å². The minimum Gasteiger partial charge on any atom is -0.508 e. The van der Waals surface area contributed by atoms with E-state index in [0.717, 1.165) is 21.6 Å². The van der Waals surface area contributed by atoms with Gasteiger partial charge in [0.15, 0.2) is 0 Å². The molecule has 2 aliphatic rings. The number of esters is 1. The fourth-order valence-corrected chi connectivity index (χ4v) is 5.16. The van der Waals surface area contributed by atoms with Crippen molar-refractivity contribution in [3.63, 3.8) is 0 Å². The summed E-state index contributed by atoms with van der Waals surface area (Å²) in [7, 11) is 1.48. The predicted octanol–water partition coefficient (Wildman–Crippen LogP) is 1.09. The molecule has 2 aromatic carbocycles. The van der Waals surface area contributed by atoms with Gasteiger partial charge in [-0.25, -0.2) is 4.79 Å². The lowest BCUT2D eigenvalue weighted by Crippen LogP contribution is -2.98. The number of ether oxygens (including phenoxy) is 1. The molecule has 2 heterocycles. The van der Waals surface area contributed by atoms with Crippen LogP contribution < -0.4 is 5.32 Å². The Bertz CT molecular complexity index is 1030. The second-order valence-electron chi connectivity index (χ2n) is 8.39. The molecule has 0 radical (unpaired) electrons. The van der Waals surface area contributed by atoms with Gasteiger partial charge in [0.2, 0.25) is 17.4 Å². The van der Waals surface area contributed by atoms with Gasteiger partial charge in [0.25, 0.3) is 0 Å². The van der Waals surface area contributed by atoms with E-state index in [1.807, 2.05) is 36.5 Å². The number of imide groups is 1. The molecule has 0 bridgehead atoms. The van der Waals surface area contributed by atoms with Gasteiger partial charge in [0.05, 0.1) is 6.61 Å². The molecule has 0 unspecified atom stereocenters. The van der Waals surface area contributed by atoms with Crippen LogP contribution >= 0.6 is 0 Å². The summed E-state index contributed by atoms with van der Waals surface area (Å²) >= 11 is 0. The number of nitrogens with zero attached hydrogens (tertiary/aromatic N) is 1. The van der Waals surface area contributed by atoms with Crippen LogP contribution in [0.25, 0.3) is 0 Å². The number of rotatable bonds is 5. The van der Waals surface area contributed by atoms with Crippen molar-refractivity contribution >= 4 is 17.8 Å². The largest absolute Gasteiger partial charge is 0.508 e. The van der Waals surface area contributed by atoms with Crippen molar-refractivity contribution in [3.05, 3.63) is 65.2 Å². The zero-order valence-corrected chi connectivity index (χ0v) is 17.9. The van der Waals surface area contributed by atoms with E-state index in [-0.39, 0.29) is 36.6 Å². The van der Waals surface area contributed by atoms with Crippen molar-refractivity contribution in [1.82, 2.24) is 4.90 Å². The van der Waals surface area contributed by atoms with Gasteiger partial charge in [-0.2, -0.15) is 0 Å². The highest BCUT2D eigenvalue weighted by molar-refractivity contribution is 6.08. The number of benzene rings is 2.